The summed E-state index contributed by atoms with van der Waals surface area (Å²) in [6.07, 6.45) is 2.21. The van der Waals surface area contributed by atoms with Gasteiger partial charge in [-0.3, -0.25) is 0 Å². The zero-order chi connectivity index (χ0) is 20.4. The molecule has 4 atom stereocenters. The third-order valence-corrected chi connectivity index (χ3v) is 6.54. The predicted molar refractivity (Wildman–Crippen MR) is 104 cm³/mol. The number of nitrogens with zero attached hydrogens (tertiary/aromatic N) is 1. The van der Waals surface area contributed by atoms with Gasteiger partial charge in [0.25, 0.3) is 0 Å². The van der Waals surface area contributed by atoms with E-state index in [0.717, 1.165) is 12.8 Å². The van der Waals surface area contributed by atoms with Crippen LogP contribution in [-0.4, -0.2) is 68.4 Å². The SMILES string of the molecule is CCCC[C@@]1(O)[C@H](O)[C@@H]([C](O)=[SnH2])O[C@@]1(CCCC)n1cc(C)c(=O)[nH]c1=O. The Hall–Kier alpha value is -0.811. The summed E-state index contributed by atoms with van der Waals surface area (Å²) in [5.74, 6) is 0. The molecule has 0 radical (unpaired) electrons. The molecular weight excluding hydrogens is 459 g/mol. The van der Waals surface area contributed by atoms with Gasteiger partial charge in [-0.15, -0.1) is 0 Å². The van der Waals surface area contributed by atoms with Gasteiger partial charge in [-0.1, -0.05) is 0 Å². The van der Waals surface area contributed by atoms with Crippen LogP contribution in [0.4, 0.5) is 0 Å². The Kier molecular flexibility index (Phi) is 7.23. The van der Waals surface area contributed by atoms with Crippen molar-refractivity contribution in [2.45, 2.75) is 82.8 Å². The fraction of sp³-hybridized carbons (Fsp3) is 0.722. The van der Waals surface area contributed by atoms with Crippen molar-refractivity contribution in [3.05, 3.63) is 32.6 Å². The van der Waals surface area contributed by atoms with Gasteiger partial charge in [0, 0.05) is 0 Å². The van der Waals surface area contributed by atoms with Crippen LogP contribution < -0.4 is 11.2 Å². The second kappa shape index (κ2) is 8.69. The van der Waals surface area contributed by atoms with Gasteiger partial charge in [0.1, 0.15) is 0 Å². The standard InChI is InChI=1S/C18H28N2O6.Sn.2H/c1-4-6-8-17(25)14(22)13(11-21)26-18(17,9-7-5-2)20-10-12(3)15(23)19-16(20)24;;;/h10,13-14,21-22,25H,4-9H2,1-3H3,(H,19,23,24);;;/t13-,14-,17-,18-;;;/m1.../s1. The Morgan fingerprint density at radius 2 is 1.89 bits per heavy atom. The molecule has 4 N–H and O–H groups in total. The first kappa shape index (κ1) is 22.5. The molecule has 0 saturated carbocycles. The van der Waals surface area contributed by atoms with Gasteiger partial charge in [0.15, 0.2) is 0 Å². The summed E-state index contributed by atoms with van der Waals surface area (Å²) in [4.78, 5) is 26.8. The van der Waals surface area contributed by atoms with Crippen LogP contribution in [0.2, 0.25) is 0 Å². The van der Waals surface area contributed by atoms with Crippen LogP contribution in [0.3, 0.4) is 0 Å². The van der Waals surface area contributed by atoms with Crippen molar-refractivity contribution in [2.24, 2.45) is 0 Å². The van der Waals surface area contributed by atoms with Gasteiger partial charge < -0.3 is 0 Å². The number of aliphatic hydroxyl groups is 3. The monoisotopic (exact) mass is 490 g/mol. The second-order valence-electron chi connectivity index (χ2n) is 7.33. The van der Waals surface area contributed by atoms with Gasteiger partial charge in [-0.05, 0) is 0 Å². The molecule has 27 heavy (non-hydrogen) atoms. The molecule has 1 saturated heterocycles. The predicted octanol–water partition coefficient (Wildman–Crippen LogP) is -0.495. The molecule has 1 aliphatic rings. The van der Waals surface area contributed by atoms with Gasteiger partial charge in [-0.2, -0.15) is 0 Å². The Labute approximate surface area is 170 Å². The Balaban J connectivity index is 2.76. The number of rotatable bonds is 8. The number of aromatic nitrogens is 2. The second-order valence-corrected chi connectivity index (χ2v) is 9.40. The van der Waals surface area contributed by atoms with Gasteiger partial charge >= 0.3 is 171 Å². The minimum atomic E-state index is -1.78. The molecule has 8 nitrogen and oxygen atoms in total. The van der Waals surface area contributed by atoms with Crippen molar-refractivity contribution < 1.29 is 20.1 Å². The summed E-state index contributed by atoms with van der Waals surface area (Å²) in [7, 11) is 0. The molecule has 0 bridgehead atoms. The maximum atomic E-state index is 12.7. The molecular formula is C18H30N2O6Sn. The number of H-pyrrole nitrogens is 1. The van der Waals surface area contributed by atoms with Gasteiger partial charge in [-0.25, -0.2) is 0 Å². The average Bonchev–Trinajstić information content (AvgIpc) is 2.84. The van der Waals surface area contributed by atoms with E-state index in [4.69, 9.17) is 4.74 Å². The molecule has 0 aliphatic carbocycles. The molecule has 1 aromatic heterocycles. The van der Waals surface area contributed by atoms with Crippen LogP contribution in [0.25, 0.3) is 0 Å². The van der Waals surface area contributed by atoms with Crippen LogP contribution in [0.15, 0.2) is 15.8 Å². The Bertz CT molecular complexity index is 806. The van der Waals surface area contributed by atoms with Crippen LogP contribution in [0.1, 0.15) is 57.9 Å². The van der Waals surface area contributed by atoms with Crippen molar-refractivity contribution >= 4 is 25.8 Å². The fourth-order valence-electron chi connectivity index (χ4n) is 3.81. The van der Waals surface area contributed by atoms with Crippen molar-refractivity contribution in [1.82, 2.24) is 9.55 Å². The van der Waals surface area contributed by atoms with E-state index in [1.54, 1.807) is 6.92 Å². The zero-order valence-corrected chi connectivity index (χ0v) is 20.2. The summed E-state index contributed by atoms with van der Waals surface area (Å²) < 4.78 is 7.29. The number of nitrogens with one attached hydrogen (secondary N) is 1. The summed E-state index contributed by atoms with van der Waals surface area (Å²) in [6.45, 7) is 5.50. The molecule has 0 unspecified atom stereocenters. The zero-order valence-electron chi connectivity index (χ0n) is 16.2. The molecule has 0 spiro atoms. The topological polar surface area (TPSA) is 125 Å². The van der Waals surface area contributed by atoms with E-state index in [1.807, 2.05) is 13.8 Å². The van der Waals surface area contributed by atoms with Crippen LogP contribution in [-0.2, 0) is 10.5 Å². The summed E-state index contributed by atoms with van der Waals surface area (Å²) in [5, 5.41) is 32.7. The van der Waals surface area contributed by atoms with Gasteiger partial charge in [0.05, 0.1) is 0 Å². The van der Waals surface area contributed by atoms with E-state index in [2.05, 4.69) is 4.98 Å². The molecule has 0 amide bonds. The quantitative estimate of drug-likeness (QED) is 0.366. The third-order valence-electron chi connectivity index (χ3n) is 5.39. The number of aromatic amines is 1. The maximum absolute atomic E-state index is 12.7. The molecule has 1 aromatic rings. The van der Waals surface area contributed by atoms with E-state index >= 15 is 0 Å². The number of unbranched alkanes of at least 4 members (excludes halogenated alkanes) is 2. The first-order chi connectivity index (χ1) is 12.6. The van der Waals surface area contributed by atoms with Crippen molar-refractivity contribution in [2.75, 3.05) is 0 Å². The average molecular weight is 489 g/mol. The minimum absolute atomic E-state index is 0.00149. The van der Waals surface area contributed by atoms with Crippen LogP contribution >= 0.6 is 0 Å². The number of hydrogen-bond acceptors (Lipinski definition) is 6. The molecule has 9 heteroatoms. The van der Waals surface area contributed by atoms with E-state index < -0.39 is 34.8 Å². The summed E-state index contributed by atoms with van der Waals surface area (Å²) >= 11 is 0.00149. The van der Waals surface area contributed by atoms with Crippen LogP contribution in [0.5, 0.6) is 0 Å². The molecule has 0 aromatic carbocycles. The fourth-order valence-corrected chi connectivity index (χ4v) is 4.69. The molecule has 152 valence electrons. The van der Waals surface area contributed by atoms with Crippen molar-refractivity contribution in [3.63, 3.8) is 0 Å². The Morgan fingerprint density at radius 1 is 1.30 bits per heavy atom. The number of aliphatic hydroxyl groups excluding tert-OH is 2. The number of aryl methyl sites for hydroxylation is 1. The molecule has 2 rings (SSSR count). The normalized spacial score (nSPS) is 30.6. The van der Waals surface area contributed by atoms with Crippen LogP contribution in [0, 0.1) is 6.92 Å². The van der Waals surface area contributed by atoms with Crippen molar-refractivity contribution in [1.29, 1.82) is 0 Å². The summed E-state index contributed by atoms with van der Waals surface area (Å²) in [6, 6.07) is 0. The first-order valence-corrected chi connectivity index (χ1v) is 11.5. The number of ether oxygens (including phenoxy) is 1. The molecule has 2 heterocycles. The van der Waals surface area contributed by atoms with E-state index in [0.29, 0.717) is 18.4 Å². The molecule has 1 fully saturated rings. The molecule has 1 aliphatic heterocycles. The van der Waals surface area contributed by atoms with Crippen molar-refractivity contribution in [3.8, 4) is 0 Å². The third kappa shape index (κ3) is 3.87. The Morgan fingerprint density at radius 3 is 2.44 bits per heavy atom. The summed E-state index contributed by atoms with van der Waals surface area (Å²) in [5.41, 5.74) is -4.27. The first-order valence-electron chi connectivity index (χ1n) is 9.43. The van der Waals surface area contributed by atoms with E-state index in [-0.39, 0.29) is 38.6 Å². The van der Waals surface area contributed by atoms with Gasteiger partial charge in [0.2, 0.25) is 0 Å². The van der Waals surface area contributed by atoms with E-state index in [9.17, 15) is 24.9 Å². The van der Waals surface area contributed by atoms with E-state index in [1.165, 1.54) is 10.8 Å². The number of hydrogen-bond donors (Lipinski definition) is 4.